The first-order valence-electron chi connectivity index (χ1n) is 3.78. The summed E-state index contributed by atoms with van der Waals surface area (Å²) in [5.74, 6) is -0.407. The van der Waals surface area contributed by atoms with Crippen LogP contribution in [0.25, 0.3) is 0 Å². The average molecular weight is 237 g/mol. The van der Waals surface area contributed by atoms with Crippen LogP contribution >= 0.6 is 15.9 Å². The zero-order chi connectivity index (χ0) is 9.40. The second-order valence-electron chi connectivity index (χ2n) is 2.38. The van der Waals surface area contributed by atoms with Crippen LogP contribution in [0.4, 0.5) is 0 Å². The normalized spacial score (nSPS) is 9.17. The maximum absolute atomic E-state index is 10.9. The lowest BCUT2D eigenvalue weighted by atomic mass is 10.2. The number of nitrogens with one attached hydrogen (secondary N) is 2. The topological polar surface area (TPSA) is 58.2 Å². The Morgan fingerprint density at radius 3 is 2.42 bits per heavy atom. The van der Waals surface area contributed by atoms with Gasteiger partial charge in [-0.25, -0.2) is 0 Å². The van der Waals surface area contributed by atoms with Crippen LogP contribution in [0.15, 0.2) is 0 Å². The molecule has 0 aromatic carbocycles. The van der Waals surface area contributed by atoms with E-state index < -0.39 is 0 Å². The van der Waals surface area contributed by atoms with Gasteiger partial charge in [0.2, 0.25) is 11.8 Å². The fourth-order valence-corrected chi connectivity index (χ4v) is 0.997. The molecule has 0 aliphatic carbocycles. The lowest BCUT2D eigenvalue weighted by Gasteiger charge is -2.03. The predicted octanol–water partition coefficient (Wildman–Crippen LogP) is 0.719. The number of carbonyl (C=O) groups excluding carboxylic acids is 2. The minimum Gasteiger partial charge on any atom is -0.274 e. The summed E-state index contributed by atoms with van der Waals surface area (Å²) in [6, 6.07) is 0. The molecule has 0 heterocycles. The van der Waals surface area contributed by atoms with Crippen molar-refractivity contribution in [2.45, 2.75) is 26.2 Å². The second-order valence-corrected chi connectivity index (χ2v) is 3.17. The van der Waals surface area contributed by atoms with E-state index in [0.29, 0.717) is 6.42 Å². The molecule has 0 spiro atoms. The van der Waals surface area contributed by atoms with E-state index >= 15 is 0 Å². The number of carbonyl (C=O) groups is 2. The van der Waals surface area contributed by atoms with Crippen LogP contribution in [0.1, 0.15) is 26.2 Å². The number of hydrazine groups is 1. The van der Waals surface area contributed by atoms with E-state index in [2.05, 4.69) is 26.8 Å². The van der Waals surface area contributed by atoms with Crippen molar-refractivity contribution in [3.63, 3.8) is 0 Å². The summed E-state index contributed by atoms with van der Waals surface area (Å²) in [6.45, 7) is 1.35. The van der Waals surface area contributed by atoms with Gasteiger partial charge in [0.1, 0.15) is 0 Å². The van der Waals surface area contributed by atoms with Gasteiger partial charge in [0, 0.05) is 18.7 Å². The van der Waals surface area contributed by atoms with Crippen LogP contribution in [0.2, 0.25) is 0 Å². The molecule has 0 fully saturated rings. The largest absolute Gasteiger partial charge is 0.274 e. The van der Waals surface area contributed by atoms with Crippen LogP contribution in [-0.4, -0.2) is 17.1 Å². The molecule has 5 heteroatoms. The van der Waals surface area contributed by atoms with Gasteiger partial charge in [0.25, 0.3) is 0 Å². The summed E-state index contributed by atoms with van der Waals surface area (Å²) in [7, 11) is 0. The molecule has 4 nitrogen and oxygen atoms in total. The van der Waals surface area contributed by atoms with Gasteiger partial charge in [-0.2, -0.15) is 0 Å². The number of hydrogen-bond acceptors (Lipinski definition) is 2. The number of rotatable bonds is 4. The molecule has 0 saturated carbocycles. The molecular formula is C7H13BrN2O2. The van der Waals surface area contributed by atoms with Crippen molar-refractivity contribution in [2.24, 2.45) is 0 Å². The molecule has 0 bridgehead atoms. The highest BCUT2D eigenvalue weighted by Crippen LogP contribution is 1.97. The van der Waals surface area contributed by atoms with E-state index in [-0.39, 0.29) is 11.8 Å². The van der Waals surface area contributed by atoms with E-state index in [1.54, 1.807) is 0 Å². The van der Waals surface area contributed by atoms with Crippen molar-refractivity contribution >= 4 is 27.7 Å². The SMILES string of the molecule is CC(=O)NNC(=O)CCCCBr. The van der Waals surface area contributed by atoms with Gasteiger partial charge >= 0.3 is 0 Å². The monoisotopic (exact) mass is 236 g/mol. The zero-order valence-corrected chi connectivity index (χ0v) is 8.61. The third kappa shape index (κ3) is 7.53. The van der Waals surface area contributed by atoms with Gasteiger partial charge in [-0.1, -0.05) is 15.9 Å². The Hall–Kier alpha value is -0.580. The van der Waals surface area contributed by atoms with Crippen molar-refractivity contribution in [3.05, 3.63) is 0 Å². The Morgan fingerprint density at radius 1 is 1.25 bits per heavy atom. The standard InChI is InChI=1S/C7H13BrN2O2/c1-6(11)9-10-7(12)4-2-3-5-8/h2-5H2,1H3,(H,9,11)(H,10,12). The Labute approximate surface area is 80.2 Å². The van der Waals surface area contributed by atoms with E-state index in [1.165, 1.54) is 6.92 Å². The molecule has 2 N–H and O–H groups in total. The molecule has 0 aliphatic rings. The molecule has 0 radical (unpaired) electrons. The number of unbranched alkanes of at least 4 members (excludes halogenated alkanes) is 1. The van der Waals surface area contributed by atoms with Crippen molar-refractivity contribution < 1.29 is 9.59 Å². The summed E-state index contributed by atoms with van der Waals surface area (Å²) >= 11 is 3.26. The molecule has 0 aromatic rings. The van der Waals surface area contributed by atoms with E-state index in [4.69, 9.17) is 0 Å². The molecule has 0 atom stereocenters. The van der Waals surface area contributed by atoms with E-state index in [9.17, 15) is 9.59 Å². The molecule has 0 rings (SSSR count). The van der Waals surface area contributed by atoms with Crippen molar-refractivity contribution in [1.82, 2.24) is 10.9 Å². The maximum Gasteiger partial charge on any atom is 0.238 e. The average Bonchev–Trinajstić information content (AvgIpc) is 2.01. The van der Waals surface area contributed by atoms with E-state index in [0.717, 1.165) is 18.2 Å². The van der Waals surface area contributed by atoms with Gasteiger partial charge in [-0.05, 0) is 12.8 Å². The predicted molar refractivity (Wildman–Crippen MR) is 49.6 cm³/mol. The summed E-state index contributed by atoms with van der Waals surface area (Å²) < 4.78 is 0. The number of alkyl halides is 1. The highest BCUT2D eigenvalue weighted by molar-refractivity contribution is 9.09. The summed E-state index contributed by atoms with van der Waals surface area (Å²) in [6.07, 6.45) is 2.25. The fraction of sp³-hybridized carbons (Fsp3) is 0.714. The van der Waals surface area contributed by atoms with Gasteiger partial charge < -0.3 is 0 Å². The minimum atomic E-state index is -0.260. The highest BCUT2D eigenvalue weighted by Gasteiger charge is 1.99. The lowest BCUT2D eigenvalue weighted by Crippen LogP contribution is -2.40. The Kier molecular flexibility index (Phi) is 6.75. The zero-order valence-electron chi connectivity index (χ0n) is 7.02. The minimum absolute atomic E-state index is 0.147. The third-order valence-electron chi connectivity index (χ3n) is 1.17. The van der Waals surface area contributed by atoms with Crippen molar-refractivity contribution in [3.8, 4) is 0 Å². The summed E-state index contributed by atoms with van der Waals surface area (Å²) in [5, 5.41) is 0.903. The Morgan fingerprint density at radius 2 is 1.92 bits per heavy atom. The molecule has 0 aliphatic heterocycles. The number of hydrogen-bond donors (Lipinski definition) is 2. The molecule has 2 amide bonds. The summed E-state index contributed by atoms with van der Waals surface area (Å²) in [5.41, 5.74) is 4.51. The summed E-state index contributed by atoms with van der Waals surface area (Å²) in [4.78, 5) is 21.2. The van der Waals surface area contributed by atoms with Gasteiger partial charge in [-0.15, -0.1) is 0 Å². The fourth-order valence-electron chi connectivity index (χ4n) is 0.600. The van der Waals surface area contributed by atoms with Crippen molar-refractivity contribution in [1.29, 1.82) is 0 Å². The first-order chi connectivity index (χ1) is 5.66. The second kappa shape index (κ2) is 7.09. The lowest BCUT2D eigenvalue weighted by molar-refractivity contribution is -0.127. The van der Waals surface area contributed by atoms with Crippen LogP contribution in [0, 0.1) is 0 Å². The number of amides is 2. The van der Waals surface area contributed by atoms with Crippen molar-refractivity contribution in [2.75, 3.05) is 5.33 Å². The maximum atomic E-state index is 10.9. The molecule has 0 aromatic heterocycles. The van der Waals surface area contributed by atoms with Gasteiger partial charge in [-0.3, -0.25) is 20.4 Å². The third-order valence-corrected chi connectivity index (χ3v) is 1.73. The van der Waals surface area contributed by atoms with E-state index in [1.807, 2.05) is 0 Å². The quantitative estimate of drug-likeness (QED) is 0.430. The first kappa shape index (κ1) is 11.4. The molecule has 0 unspecified atom stereocenters. The van der Waals surface area contributed by atoms with Gasteiger partial charge in [0.05, 0.1) is 0 Å². The van der Waals surface area contributed by atoms with Crippen LogP contribution < -0.4 is 10.9 Å². The Bertz CT molecular complexity index is 161. The molecular weight excluding hydrogens is 224 g/mol. The number of halogens is 1. The Balaban J connectivity index is 3.28. The van der Waals surface area contributed by atoms with Crippen LogP contribution in [0.3, 0.4) is 0 Å². The molecule has 70 valence electrons. The van der Waals surface area contributed by atoms with Crippen LogP contribution in [0.5, 0.6) is 0 Å². The smallest absolute Gasteiger partial charge is 0.238 e. The molecule has 0 saturated heterocycles. The van der Waals surface area contributed by atoms with Crippen LogP contribution in [-0.2, 0) is 9.59 Å². The van der Waals surface area contributed by atoms with Gasteiger partial charge in [0.15, 0.2) is 0 Å². The first-order valence-corrected chi connectivity index (χ1v) is 4.90. The molecule has 12 heavy (non-hydrogen) atoms. The highest BCUT2D eigenvalue weighted by atomic mass is 79.9.